The highest BCUT2D eigenvalue weighted by molar-refractivity contribution is 5.80. The minimum atomic E-state index is -0.0443. The predicted octanol–water partition coefficient (Wildman–Crippen LogP) is 0.00380. The average molecular weight is 241 g/mol. The third-order valence-corrected chi connectivity index (χ3v) is 3.48. The molecule has 2 amide bonds. The lowest BCUT2D eigenvalue weighted by molar-refractivity contribution is -0.126. The Morgan fingerprint density at radius 1 is 1.24 bits per heavy atom. The number of nitrogens with two attached hydrogens (primary N) is 1. The molecule has 1 saturated carbocycles. The number of carbonyl (C=O) groups is 2. The fourth-order valence-corrected chi connectivity index (χ4v) is 2.23. The lowest BCUT2D eigenvalue weighted by atomic mass is 9.81. The summed E-state index contributed by atoms with van der Waals surface area (Å²) in [6.07, 6.45) is 4.29. The van der Waals surface area contributed by atoms with Gasteiger partial charge in [-0.15, -0.1) is 0 Å². The van der Waals surface area contributed by atoms with E-state index in [0.717, 1.165) is 32.2 Å². The van der Waals surface area contributed by atoms with E-state index in [9.17, 15) is 9.59 Å². The molecule has 0 heterocycles. The van der Waals surface area contributed by atoms with E-state index < -0.39 is 0 Å². The Hall–Kier alpha value is -1.10. The first-order valence-electron chi connectivity index (χ1n) is 6.35. The highest BCUT2D eigenvalue weighted by atomic mass is 16.2. The summed E-state index contributed by atoms with van der Waals surface area (Å²) < 4.78 is 0. The van der Waals surface area contributed by atoms with Gasteiger partial charge in [0.15, 0.2) is 0 Å². The molecule has 0 aromatic heterocycles. The molecule has 1 aliphatic rings. The highest BCUT2D eigenvalue weighted by Gasteiger charge is 2.25. The lowest BCUT2D eigenvalue weighted by Crippen LogP contribution is -2.36. The zero-order chi connectivity index (χ0) is 12.7. The molecule has 0 radical (unpaired) electrons. The zero-order valence-corrected chi connectivity index (χ0v) is 10.5. The van der Waals surface area contributed by atoms with Crippen molar-refractivity contribution in [1.82, 2.24) is 10.6 Å². The van der Waals surface area contributed by atoms with Gasteiger partial charge in [-0.1, -0.05) is 0 Å². The SMILES string of the molecule is CNC(=O)CCNC(=O)C1CCC(CN)CC1. The number of rotatable bonds is 5. The van der Waals surface area contributed by atoms with Crippen molar-refractivity contribution in [3.63, 3.8) is 0 Å². The standard InChI is InChI=1S/C12H23N3O2/c1-14-11(16)6-7-15-12(17)10-4-2-9(8-13)3-5-10/h9-10H,2-8,13H2,1H3,(H,14,16)(H,15,17). The quantitative estimate of drug-likeness (QED) is 0.633. The van der Waals surface area contributed by atoms with Crippen LogP contribution < -0.4 is 16.4 Å². The molecule has 98 valence electrons. The fraction of sp³-hybridized carbons (Fsp3) is 0.833. The Morgan fingerprint density at radius 2 is 1.88 bits per heavy atom. The van der Waals surface area contributed by atoms with Crippen LogP contribution in [-0.2, 0) is 9.59 Å². The van der Waals surface area contributed by atoms with Gasteiger partial charge in [0, 0.05) is 25.9 Å². The van der Waals surface area contributed by atoms with Gasteiger partial charge in [0.05, 0.1) is 0 Å². The minimum Gasteiger partial charge on any atom is -0.359 e. The second-order valence-corrected chi connectivity index (χ2v) is 4.67. The van der Waals surface area contributed by atoms with Gasteiger partial charge in [0.2, 0.25) is 11.8 Å². The van der Waals surface area contributed by atoms with Gasteiger partial charge in [-0.05, 0) is 38.1 Å². The lowest BCUT2D eigenvalue weighted by Gasteiger charge is -2.26. The van der Waals surface area contributed by atoms with Crippen LogP contribution in [-0.4, -0.2) is 32.0 Å². The second kappa shape index (κ2) is 7.27. The molecule has 0 aromatic rings. The monoisotopic (exact) mass is 241 g/mol. The maximum atomic E-state index is 11.8. The number of carbonyl (C=O) groups excluding carboxylic acids is 2. The molecule has 0 saturated heterocycles. The molecular formula is C12H23N3O2. The van der Waals surface area contributed by atoms with Crippen LogP contribution in [0.4, 0.5) is 0 Å². The number of hydrogen-bond acceptors (Lipinski definition) is 3. The Morgan fingerprint density at radius 3 is 2.41 bits per heavy atom. The summed E-state index contributed by atoms with van der Waals surface area (Å²) in [5.41, 5.74) is 5.61. The molecular weight excluding hydrogens is 218 g/mol. The molecule has 4 N–H and O–H groups in total. The van der Waals surface area contributed by atoms with Crippen LogP contribution in [0.1, 0.15) is 32.1 Å². The van der Waals surface area contributed by atoms with E-state index in [4.69, 9.17) is 5.73 Å². The van der Waals surface area contributed by atoms with Crippen LogP contribution in [0.2, 0.25) is 0 Å². The Bertz CT molecular complexity index is 260. The van der Waals surface area contributed by atoms with Crippen molar-refractivity contribution in [2.24, 2.45) is 17.6 Å². The summed E-state index contributed by atoms with van der Waals surface area (Å²) in [5, 5.41) is 5.35. The van der Waals surface area contributed by atoms with Gasteiger partial charge < -0.3 is 16.4 Å². The normalized spacial score (nSPS) is 24.1. The maximum Gasteiger partial charge on any atom is 0.223 e. The van der Waals surface area contributed by atoms with Gasteiger partial charge in [0.25, 0.3) is 0 Å². The van der Waals surface area contributed by atoms with E-state index in [0.29, 0.717) is 18.9 Å². The van der Waals surface area contributed by atoms with Gasteiger partial charge in [0.1, 0.15) is 0 Å². The molecule has 1 aliphatic carbocycles. The third kappa shape index (κ3) is 4.73. The van der Waals surface area contributed by atoms with Crippen molar-refractivity contribution in [3.05, 3.63) is 0 Å². The molecule has 0 aromatic carbocycles. The molecule has 5 nitrogen and oxygen atoms in total. The highest BCUT2D eigenvalue weighted by Crippen LogP contribution is 2.27. The largest absolute Gasteiger partial charge is 0.359 e. The molecule has 0 unspecified atom stereocenters. The van der Waals surface area contributed by atoms with E-state index in [1.807, 2.05) is 0 Å². The summed E-state index contributed by atoms with van der Waals surface area (Å²) in [4.78, 5) is 22.8. The molecule has 0 aliphatic heterocycles. The van der Waals surface area contributed by atoms with Crippen LogP contribution in [0.3, 0.4) is 0 Å². The van der Waals surface area contributed by atoms with E-state index >= 15 is 0 Å². The van der Waals surface area contributed by atoms with Crippen LogP contribution in [0.5, 0.6) is 0 Å². The maximum absolute atomic E-state index is 11.8. The van der Waals surface area contributed by atoms with Gasteiger partial charge in [-0.2, -0.15) is 0 Å². The summed E-state index contributed by atoms with van der Waals surface area (Å²) in [5.74, 6) is 0.744. The fourth-order valence-electron chi connectivity index (χ4n) is 2.23. The van der Waals surface area contributed by atoms with E-state index in [2.05, 4.69) is 10.6 Å². The number of hydrogen-bond donors (Lipinski definition) is 3. The molecule has 0 bridgehead atoms. The van der Waals surface area contributed by atoms with E-state index in [-0.39, 0.29) is 17.7 Å². The van der Waals surface area contributed by atoms with Gasteiger partial charge in [-0.3, -0.25) is 9.59 Å². The van der Waals surface area contributed by atoms with E-state index in [1.54, 1.807) is 7.05 Å². The first-order chi connectivity index (χ1) is 8.17. The summed E-state index contributed by atoms with van der Waals surface area (Å²) in [6, 6.07) is 0. The first kappa shape index (κ1) is 14.0. The van der Waals surface area contributed by atoms with Crippen LogP contribution >= 0.6 is 0 Å². The Labute approximate surface area is 103 Å². The molecule has 1 fully saturated rings. The third-order valence-electron chi connectivity index (χ3n) is 3.48. The topological polar surface area (TPSA) is 84.2 Å². The molecule has 17 heavy (non-hydrogen) atoms. The zero-order valence-electron chi connectivity index (χ0n) is 10.5. The Kier molecular flexibility index (Phi) is 5.97. The van der Waals surface area contributed by atoms with Gasteiger partial charge in [-0.25, -0.2) is 0 Å². The summed E-state index contributed by atoms with van der Waals surface area (Å²) in [6.45, 7) is 1.15. The average Bonchev–Trinajstić information content (AvgIpc) is 2.38. The van der Waals surface area contributed by atoms with Crippen LogP contribution in [0.25, 0.3) is 0 Å². The van der Waals surface area contributed by atoms with Crippen molar-refractivity contribution >= 4 is 11.8 Å². The minimum absolute atomic E-state index is 0.0443. The van der Waals surface area contributed by atoms with Gasteiger partial charge >= 0.3 is 0 Å². The van der Waals surface area contributed by atoms with Crippen LogP contribution in [0.15, 0.2) is 0 Å². The van der Waals surface area contributed by atoms with Crippen molar-refractivity contribution in [1.29, 1.82) is 0 Å². The number of nitrogens with one attached hydrogen (secondary N) is 2. The summed E-state index contributed by atoms with van der Waals surface area (Å²) in [7, 11) is 1.60. The second-order valence-electron chi connectivity index (χ2n) is 4.67. The van der Waals surface area contributed by atoms with E-state index in [1.165, 1.54) is 0 Å². The van der Waals surface area contributed by atoms with Crippen LogP contribution in [0, 0.1) is 11.8 Å². The number of amides is 2. The smallest absolute Gasteiger partial charge is 0.223 e. The molecule has 0 atom stereocenters. The Balaban J connectivity index is 2.18. The molecule has 5 heteroatoms. The van der Waals surface area contributed by atoms with Crippen molar-refractivity contribution in [2.75, 3.05) is 20.1 Å². The predicted molar refractivity (Wildman–Crippen MR) is 66.2 cm³/mol. The van der Waals surface area contributed by atoms with Crippen molar-refractivity contribution < 1.29 is 9.59 Å². The molecule has 0 spiro atoms. The van der Waals surface area contributed by atoms with Crippen molar-refractivity contribution in [2.45, 2.75) is 32.1 Å². The first-order valence-corrected chi connectivity index (χ1v) is 6.35. The molecule has 1 rings (SSSR count). The van der Waals surface area contributed by atoms with Crippen molar-refractivity contribution in [3.8, 4) is 0 Å². The summed E-state index contributed by atoms with van der Waals surface area (Å²) >= 11 is 0.